The highest BCUT2D eigenvalue weighted by Crippen LogP contribution is 2.38. The van der Waals surface area contributed by atoms with E-state index in [0.717, 1.165) is 56.4 Å². The van der Waals surface area contributed by atoms with E-state index in [1.165, 1.54) is 16.2 Å². The summed E-state index contributed by atoms with van der Waals surface area (Å²) < 4.78 is 16.3. The van der Waals surface area contributed by atoms with E-state index >= 15 is 0 Å². The fourth-order valence-corrected chi connectivity index (χ4v) is 5.28. The molecule has 31 heavy (non-hydrogen) atoms. The average Bonchev–Trinajstić information content (AvgIpc) is 3.44. The number of aryl methyl sites for hydroxylation is 1. The van der Waals surface area contributed by atoms with Crippen LogP contribution in [-0.2, 0) is 22.4 Å². The highest BCUT2D eigenvalue weighted by Gasteiger charge is 2.27. The van der Waals surface area contributed by atoms with Crippen molar-refractivity contribution in [2.45, 2.75) is 44.6 Å². The van der Waals surface area contributed by atoms with Crippen LogP contribution in [0.2, 0.25) is 0 Å². The van der Waals surface area contributed by atoms with Gasteiger partial charge in [-0.2, -0.15) is 0 Å². The first-order valence-corrected chi connectivity index (χ1v) is 11.6. The molecule has 2 N–H and O–H groups in total. The van der Waals surface area contributed by atoms with Gasteiger partial charge in [-0.05, 0) is 68.4 Å². The topological polar surface area (TPSA) is 85.9 Å². The Morgan fingerprint density at radius 2 is 1.90 bits per heavy atom. The van der Waals surface area contributed by atoms with E-state index in [9.17, 15) is 9.59 Å². The molecule has 2 aliphatic rings. The summed E-state index contributed by atoms with van der Waals surface area (Å²) in [5, 5.41) is 6.53. The molecule has 8 heteroatoms. The molecule has 1 aromatic heterocycles. The molecule has 1 unspecified atom stereocenters. The minimum Gasteiger partial charge on any atom is -0.497 e. The number of amides is 2. The maximum absolute atomic E-state index is 13.0. The Morgan fingerprint density at radius 3 is 2.65 bits per heavy atom. The molecule has 1 aromatic carbocycles. The molecule has 0 saturated carbocycles. The van der Waals surface area contributed by atoms with Crippen LogP contribution in [0.15, 0.2) is 24.3 Å². The molecule has 4 rings (SSSR count). The van der Waals surface area contributed by atoms with Gasteiger partial charge in [0.05, 0.1) is 18.8 Å². The van der Waals surface area contributed by atoms with Gasteiger partial charge in [0.15, 0.2) is 6.61 Å². The molecule has 0 spiro atoms. The van der Waals surface area contributed by atoms with E-state index < -0.39 is 0 Å². The molecule has 7 nitrogen and oxygen atoms in total. The van der Waals surface area contributed by atoms with E-state index in [4.69, 9.17) is 14.2 Å². The standard InChI is InChI=1S/C23H28N2O5S/c1-28-15-8-10-16(11-9-15)30-14-20(26)25-23-21(18-6-2-3-7-19(18)31-23)22(27)24-13-17-5-4-12-29-17/h8-11,17H,2-7,12-14H2,1H3,(H,24,27)(H,25,26). The number of carbonyl (C=O) groups is 2. The number of anilines is 1. The Morgan fingerprint density at radius 1 is 1.13 bits per heavy atom. The number of hydrogen-bond acceptors (Lipinski definition) is 6. The van der Waals surface area contributed by atoms with E-state index in [1.54, 1.807) is 31.4 Å². The van der Waals surface area contributed by atoms with E-state index in [-0.39, 0.29) is 24.5 Å². The van der Waals surface area contributed by atoms with Crippen LogP contribution in [0.5, 0.6) is 11.5 Å². The largest absolute Gasteiger partial charge is 0.497 e. The summed E-state index contributed by atoms with van der Waals surface area (Å²) in [5.41, 5.74) is 1.68. The first-order chi connectivity index (χ1) is 15.1. The number of thiophene rings is 1. The number of methoxy groups -OCH3 is 1. The van der Waals surface area contributed by atoms with Crippen molar-refractivity contribution in [1.29, 1.82) is 0 Å². The van der Waals surface area contributed by atoms with Gasteiger partial charge in [-0.15, -0.1) is 11.3 Å². The third-order valence-electron chi connectivity index (χ3n) is 5.59. The summed E-state index contributed by atoms with van der Waals surface area (Å²) in [6, 6.07) is 7.05. The summed E-state index contributed by atoms with van der Waals surface area (Å²) >= 11 is 1.51. The molecule has 1 aliphatic carbocycles. The Kier molecular flexibility index (Phi) is 7.09. The van der Waals surface area contributed by atoms with E-state index in [0.29, 0.717) is 22.9 Å². The SMILES string of the molecule is COc1ccc(OCC(=O)Nc2sc3c(c2C(=O)NCC2CCCO2)CCCC3)cc1. The molecule has 1 fully saturated rings. The molecule has 0 radical (unpaired) electrons. The van der Waals surface area contributed by atoms with Gasteiger partial charge in [0.25, 0.3) is 11.8 Å². The van der Waals surface area contributed by atoms with Crippen LogP contribution in [0, 0.1) is 0 Å². The van der Waals surface area contributed by atoms with Gasteiger partial charge in [-0.25, -0.2) is 0 Å². The van der Waals surface area contributed by atoms with Gasteiger partial charge in [-0.3, -0.25) is 9.59 Å². The van der Waals surface area contributed by atoms with Gasteiger partial charge in [0.2, 0.25) is 0 Å². The first kappa shape index (κ1) is 21.6. The summed E-state index contributed by atoms with van der Waals surface area (Å²) in [5.74, 6) is 0.874. The van der Waals surface area contributed by atoms with Crippen LogP contribution in [0.4, 0.5) is 5.00 Å². The van der Waals surface area contributed by atoms with Crippen molar-refractivity contribution in [2.75, 3.05) is 32.2 Å². The lowest BCUT2D eigenvalue weighted by Crippen LogP contribution is -2.33. The number of nitrogens with one attached hydrogen (secondary N) is 2. The fraction of sp³-hybridized carbons (Fsp3) is 0.478. The first-order valence-electron chi connectivity index (χ1n) is 10.7. The minimum absolute atomic E-state index is 0.0781. The minimum atomic E-state index is -0.289. The predicted octanol–water partition coefficient (Wildman–Crippen LogP) is 3.56. The van der Waals surface area contributed by atoms with Crippen molar-refractivity contribution in [3.63, 3.8) is 0 Å². The molecular weight excluding hydrogens is 416 g/mol. The molecule has 1 atom stereocenters. The number of fused-ring (bicyclic) bond motifs is 1. The van der Waals surface area contributed by atoms with Crippen LogP contribution in [0.25, 0.3) is 0 Å². The molecule has 0 bridgehead atoms. The Bertz CT molecular complexity index is 919. The van der Waals surface area contributed by atoms with Gasteiger partial charge in [-0.1, -0.05) is 0 Å². The Labute approximate surface area is 186 Å². The zero-order chi connectivity index (χ0) is 21.6. The van der Waals surface area contributed by atoms with Gasteiger partial charge in [0, 0.05) is 18.0 Å². The monoisotopic (exact) mass is 444 g/mol. The molecular formula is C23H28N2O5S. The second kappa shape index (κ2) is 10.2. The fourth-order valence-electron chi connectivity index (χ4n) is 3.98. The number of rotatable bonds is 8. The lowest BCUT2D eigenvalue weighted by atomic mass is 9.95. The van der Waals surface area contributed by atoms with Crippen LogP contribution in [0.3, 0.4) is 0 Å². The second-order valence-corrected chi connectivity index (χ2v) is 8.88. The third-order valence-corrected chi connectivity index (χ3v) is 6.80. The summed E-state index contributed by atoms with van der Waals surface area (Å²) in [6.45, 7) is 1.12. The summed E-state index contributed by atoms with van der Waals surface area (Å²) in [6.07, 6.45) is 6.06. The quantitative estimate of drug-likeness (QED) is 0.650. The van der Waals surface area contributed by atoms with Crippen LogP contribution >= 0.6 is 11.3 Å². The smallest absolute Gasteiger partial charge is 0.262 e. The normalized spacial score (nSPS) is 17.6. The van der Waals surface area contributed by atoms with Crippen molar-refractivity contribution in [2.24, 2.45) is 0 Å². The van der Waals surface area contributed by atoms with Gasteiger partial charge in [0.1, 0.15) is 16.5 Å². The second-order valence-electron chi connectivity index (χ2n) is 7.77. The number of ether oxygens (including phenoxy) is 3. The Balaban J connectivity index is 1.41. The maximum Gasteiger partial charge on any atom is 0.262 e. The molecule has 2 aromatic rings. The molecule has 2 amide bonds. The van der Waals surface area contributed by atoms with E-state index in [1.807, 2.05) is 0 Å². The lowest BCUT2D eigenvalue weighted by molar-refractivity contribution is -0.118. The molecule has 1 aliphatic heterocycles. The van der Waals surface area contributed by atoms with Crippen molar-refractivity contribution in [3.8, 4) is 11.5 Å². The van der Waals surface area contributed by atoms with Crippen molar-refractivity contribution in [1.82, 2.24) is 5.32 Å². The number of carbonyl (C=O) groups excluding carboxylic acids is 2. The van der Waals surface area contributed by atoms with Crippen LogP contribution in [0.1, 0.15) is 46.5 Å². The van der Waals surface area contributed by atoms with Gasteiger partial charge >= 0.3 is 0 Å². The number of benzene rings is 1. The van der Waals surface area contributed by atoms with E-state index in [2.05, 4.69) is 10.6 Å². The van der Waals surface area contributed by atoms with Crippen LogP contribution < -0.4 is 20.1 Å². The summed E-state index contributed by atoms with van der Waals surface area (Å²) in [7, 11) is 1.60. The highest BCUT2D eigenvalue weighted by molar-refractivity contribution is 7.17. The van der Waals surface area contributed by atoms with Crippen molar-refractivity contribution in [3.05, 3.63) is 40.3 Å². The van der Waals surface area contributed by atoms with Gasteiger partial charge < -0.3 is 24.8 Å². The predicted molar refractivity (Wildman–Crippen MR) is 119 cm³/mol. The molecule has 1 saturated heterocycles. The zero-order valence-electron chi connectivity index (χ0n) is 17.7. The molecule has 166 valence electrons. The van der Waals surface area contributed by atoms with Crippen molar-refractivity contribution >= 4 is 28.2 Å². The lowest BCUT2D eigenvalue weighted by Gasteiger charge is -2.15. The maximum atomic E-state index is 13.0. The third kappa shape index (κ3) is 5.37. The summed E-state index contributed by atoms with van der Waals surface area (Å²) in [4.78, 5) is 26.8. The zero-order valence-corrected chi connectivity index (χ0v) is 18.5. The average molecular weight is 445 g/mol. The number of hydrogen-bond donors (Lipinski definition) is 2. The molecule has 2 heterocycles. The van der Waals surface area contributed by atoms with Crippen LogP contribution in [-0.4, -0.2) is 44.8 Å². The highest BCUT2D eigenvalue weighted by atomic mass is 32.1. The van der Waals surface area contributed by atoms with Crippen molar-refractivity contribution < 1.29 is 23.8 Å². The Hall–Kier alpha value is -2.58.